The lowest BCUT2D eigenvalue weighted by molar-refractivity contribution is -0.125. The highest BCUT2D eigenvalue weighted by Gasteiger charge is 2.23. The zero-order valence-corrected chi connectivity index (χ0v) is 13.0. The minimum Gasteiger partial charge on any atom is -0.354 e. The van der Waals surface area contributed by atoms with Gasteiger partial charge in [-0.2, -0.15) is 5.10 Å². The fraction of sp³-hybridized carbons (Fsp3) is 0.400. The fourth-order valence-electron chi connectivity index (χ4n) is 2.30. The molecule has 2 rings (SSSR count). The molecule has 0 fully saturated rings. The number of carbonyl (C=O) groups excluding carboxylic acids is 1. The van der Waals surface area contributed by atoms with E-state index in [1.807, 2.05) is 0 Å². The van der Waals surface area contributed by atoms with Crippen molar-refractivity contribution < 1.29 is 9.18 Å². The summed E-state index contributed by atoms with van der Waals surface area (Å²) in [6.45, 7) is 0.449. The van der Waals surface area contributed by atoms with Gasteiger partial charge in [0.25, 0.3) is 0 Å². The third kappa shape index (κ3) is 3.88. The summed E-state index contributed by atoms with van der Waals surface area (Å²) in [6.07, 6.45) is 2.07. The van der Waals surface area contributed by atoms with Crippen molar-refractivity contribution >= 4 is 5.91 Å². The number of amides is 1. The SMILES string of the molecule is CN(C)[C@@H](C(=O)NCCc1ncnn1C)c1cccc(F)c1. The summed E-state index contributed by atoms with van der Waals surface area (Å²) in [6, 6.07) is 5.56. The maximum absolute atomic E-state index is 13.4. The number of carbonyl (C=O) groups is 1. The van der Waals surface area contributed by atoms with E-state index >= 15 is 0 Å². The highest BCUT2D eigenvalue weighted by Crippen LogP contribution is 2.19. The Hall–Kier alpha value is -2.28. The van der Waals surface area contributed by atoms with Crippen LogP contribution in [-0.2, 0) is 18.3 Å². The molecule has 0 bridgehead atoms. The number of halogens is 1. The first-order valence-electron chi connectivity index (χ1n) is 7.01. The van der Waals surface area contributed by atoms with E-state index < -0.39 is 6.04 Å². The Labute approximate surface area is 129 Å². The third-order valence-corrected chi connectivity index (χ3v) is 3.38. The first-order valence-corrected chi connectivity index (χ1v) is 7.01. The van der Waals surface area contributed by atoms with E-state index in [2.05, 4.69) is 15.4 Å². The van der Waals surface area contributed by atoms with Crippen LogP contribution in [0.25, 0.3) is 0 Å². The maximum Gasteiger partial charge on any atom is 0.241 e. The van der Waals surface area contributed by atoms with Crippen LogP contribution in [0, 0.1) is 5.82 Å². The summed E-state index contributed by atoms with van der Waals surface area (Å²) >= 11 is 0. The second kappa shape index (κ2) is 7.13. The van der Waals surface area contributed by atoms with E-state index in [9.17, 15) is 9.18 Å². The smallest absolute Gasteiger partial charge is 0.241 e. The molecule has 1 aromatic carbocycles. The van der Waals surface area contributed by atoms with Gasteiger partial charge in [-0.05, 0) is 31.8 Å². The van der Waals surface area contributed by atoms with Crippen LogP contribution in [0.5, 0.6) is 0 Å². The van der Waals surface area contributed by atoms with Gasteiger partial charge in [0.05, 0.1) is 0 Å². The second-order valence-electron chi connectivity index (χ2n) is 5.26. The van der Waals surface area contributed by atoms with Crippen LogP contribution in [0.15, 0.2) is 30.6 Å². The number of rotatable bonds is 6. The van der Waals surface area contributed by atoms with Crippen molar-refractivity contribution in [3.05, 3.63) is 47.8 Å². The highest BCUT2D eigenvalue weighted by atomic mass is 19.1. The molecule has 1 atom stereocenters. The molecule has 1 aromatic heterocycles. The molecule has 0 aliphatic rings. The molecule has 22 heavy (non-hydrogen) atoms. The summed E-state index contributed by atoms with van der Waals surface area (Å²) in [5.41, 5.74) is 0.626. The van der Waals surface area contributed by atoms with Crippen molar-refractivity contribution in [1.82, 2.24) is 25.0 Å². The minimum atomic E-state index is -0.532. The van der Waals surface area contributed by atoms with Crippen LogP contribution in [-0.4, -0.2) is 46.2 Å². The van der Waals surface area contributed by atoms with Crippen molar-refractivity contribution in [1.29, 1.82) is 0 Å². The molecule has 0 unspecified atom stereocenters. The molecule has 1 N–H and O–H groups in total. The number of likely N-dealkylation sites (N-methyl/N-ethyl adjacent to an activating group) is 1. The summed E-state index contributed by atoms with van der Waals surface area (Å²) in [7, 11) is 5.38. The van der Waals surface area contributed by atoms with Gasteiger partial charge in [-0.15, -0.1) is 0 Å². The summed E-state index contributed by atoms with van der Waals surface area (Å²) < 4.78 is 15.0. The molecule has 0 saturated heterocycles. The van der Waals surface area contributed by atoms with Crippen LogP contribution in [0.2, 0.25) is 0 Å². The average Bonchev–Trinajstić information content (AvgIpc) is 2.84. The normalized spacial score (nSPS) is 12.4. The lowest BCUT2D eigenvalue weighted by Crippen LogP contribution is -2.38. The topological polar surface area (TPSA) is 63.1 Å². The van der Waals surface area contributed by atoms with E-state index in [1.165, 1.54) is 18.5 Å². The van der Waals surface area contributed by atoms with Gasteiger partial charge in [0.1, 0.15) is 24.0 Å². The number of nitrogens with zero attached hydrogens (tertiary/aromatic N) is 4. The number of hydrogen-bond donors (Lipinski definition) is 1. The monoisotopic (exact) mass is 305 g/mol. The largest absolute Gasteiger partial charge is 0.354 e. The molecule has 0 saturated carbocycles. The standard InChI is InChI=1S/C15H20FN5O/c1-20(2)14(11-5-4-6-12(16)9-11)15(22)17-8-7-13-18-10-19-21(13)3/h4-6,9-10,14H,7-8H2,1-3H3,(H,17,22)/t14-/m1/s1. The predicted octanol–water partition coefficient (Wildman–Crippen LogP) is 0.916. The lowest BCUT2D eigenvalue weighted by atomic mass is 10.1. The van der Waals surface area contributed by atoms with E-state index in [0.717, 1.165) is 5.82 Å². The van der Waals surface area contributed by atoms with E-state index in [1.54, 1.807) is 42.9 Å². The zero-order valence-electron chi connectivity index (χ0n) is 13.0. The molecule has 0 radical (unpaired) electrons. The highest BCUT2D eigenvalue weighted by molar-refractivity contribution is 5.83. The minimum absolute atomic E-state index is 0.169. The van der Waals surface area contributed by atoms with E-state index in [4.69, 9.17) is 0 Å². The number of aromatic nitrogens is 3. The Kier molecular flexibility index (Phi) is 5.21. The van der Waals surface area contributed by atoms with E-state index in [0.29, 0.717) is 18.5 Å². The molecule has 7 heteroatoms. The Morgan fingerprint density at radius 1 is 1.45 bits per heavy atom. The van der Waals surface area contributed by atoms with E-state index in [-0.39, 0.29) is 11.7 Å². The Balaban J connectivity index is 2.00. The van der Waals surface area contributed by atoms with Gasteiger partial charge in [-0.25, -0.2) is 9.37 Å². The van der Waals surface area contributed by atoms with Gasteiger partial charge in [0, 0.05) is 20.0 Å². The Morgan fingerprint density at radius 2 is 2.23 bits per heavy atom. The average molecular weight is 305 g/mol. The molecule has 1 heterocycles. The first-order chi connectivity index (χ1) is 10.5. The molecule has 6 nitrogen and oxygen atoms in total. The van der Waals surface area contributed by atoms with Crippen molar-refractivity contribution in [3.63, 3.8) is 0 Å². The summed E-state index contributed by atoms with van der Waals surface area (Å²) in [5.74, 6) is 0.279. The molecule has 0 aliphatic heterocycles. The van der Waals surface area contributed by atoms with Gasteiger partial charge in [-0.1, -0.05) is 12.1 Å². The number of hydrogen-bond acceptors (Lipinski definition) is 4. The van der Waals surface area contributed by atoms with Gasteiger partial charge in [-0.3, -0.25) is 14.4 Å². The van der Waals surface area contributed by atoms with Crippen LogP contribution < -0.4 is 5.32 Å². The van der Waals surface area contributed by atoms with Crippen molar-refractivity contribution in [2.24, 2.45) is 7.05 Å². The number of aryl methyl sites for hydroxylation is 1. The molecule has 0 aliphatic carbocycles. The quantitative estimate of drug-likeness (QED) is 0.862. The van der Waals surface area contributed by atoms with Crippen LogP contribution in [0.3, 0.4) is 0 Å². The van der Waals surface area contributed by atoms with Gasteiger partial charge < -0.3 is 5.32 Å². The second-order valence-corrected chi connectivity index (χ2v) is 5.26. The van der Waals surface area contributed by atoms with Crippen molar-refractivity contribution in [2.45, 2.75) is 12.5 Å². The number of nitrogens with one attached hydrogen (secondary N) is 1. The summed E-state index contributed by atoms with van der Waals surface area (Å²) in [4.78, 5) is 18.3. The van der Waals surface area contributed by atoms with Crippen LogP contribution in [0.4, 0.5) is 4.39 Å². The maximum atomic E-state index is 13.4. The van der Waals surface area contributed by atoms with Crippen molar-refractivity contribution in [2.75, 3.05) is 20.6 Å². The first kappa shape index (κ1) is 16.1. The molecule has 1 amide bonds. The van der Waals surface area contributed by atoms with Crippen LogP contribution in [0.1, 0.15) is 17.4 Å². The van der Waals surface area contributed by atoms with Gasteiger partial charge in [0.2, 0.25) is 5.91 Å². The molecule has 0 spiro atoms. The lowest BCUT2D eigenvalue weighted by Gasteiger charge is -2.23. The van der Waals surface area contributed by atoms with Crippen molar-refractivity contribution in [3.8, 4) is 0 Å². The zero-order chi connectivity index (χ0) is 16.1. The van der Waals surface area contributed by atoms with Crippen LogP contribution >= 0.6 is 0 Å². The summed E-state index contributed by atoms with van der Waals surface area (Å²) in [5, 5.41) is 6.84. The Morgan fingerprint density at radius 3 is 2.82 bits per heavy atom. The predicted molar refractivity (Wildman–Crippen MR) is 80.5 cm³/mol. The number of benzene rings is 1. The third-order valence-electron chi connectivity index (χ3n) is 3.38. The van der Waals surface area contributed by atoms with Gasteiger partial charge in [0.15, 0.2) is 0 Å². The molecular weight excluding hydrogens is 285 g/mol. The molecule has 2 aromatic rings. The Bertz CT molecular complexity index is 640. The molecular formula is C15H20FN5O. The van der Waals surface area contributed by atoms with Gasteiger partial charge >= 0.3 is 0 Å². The fourth-order valence-corrected chi connectivity index (χ4v) is 2.30. The molecule has 118 valence electrons.